The second kappa shape index (κ2) is 13.2. The first-order valence-corrected chi connectivity index (χ1v) is 12.7. The number of benzene rings is 2. The van der Waals surface area contributed by atoms with Gasteiger partial charge in [-0.2, -0.15) is 0 Å². The number of methoxy groups -OCH3 is 1. The van der Waals surface area contributed by atoms with E-state index < -0.39 is 28.7 Å². The topological polar surface area (TPSA) is 156 Å². The number of carbonyl (C=O) groups is 3. The van der Waals surface area contributed by atoms with E-state index in [2.05, 4.69) is 10.3 Å². The lowest BCUT2D eigenvalue weighted by atomic mass is 9.79. The summed E-state index contributed by atoms with van der Waals surface area (Å²) in [4.78, 5) is 53.8. The Kier molecular flexibility index (Phi) is 9.28. The number of nitrogens with zero attached hydrogens (tertiary/aromatic N) is 2. The number of aromatic nitrogens is 1. The number of allylic oxidation sites excluding steroid dienone is 2. The van der Waals surface area contributed by atoms with E-state index in [9.17, 15) is 24.5 Å². The fourth-order valence-electron chi connectivity index (χ4n) is 4.45. The SMILES string of the molecule is COC(=O)C1=C(C)NC(C)=C(C(=O)OCCOC(=O)c2ccc(Oc3ccccc3)nc2)C1c1ccccc1[N+](=O)[O-]. The standard InChI is InChI=1S/C30H27N3O9/c1-18-25(29(35)39-3)27(22-11-7-8-12-23(22)33(37)38)26(19(2)32-18)30(36)41-16-15-40-28(34)20-13-14-24(31-17-20)42-21-9-5-4-6-10-21/h4-14,17,27,32H,15-16H2,1-3H3. The summed E-state index contributed by atoms with van der Waals surface area (Å²) in [7, 11) is 1.18. The molecule has 42 heavy (non-hydrogen) atoms. The highest BCUT2D eigenvalue weighted by atomic mass is 16.6. The van der Waals surface area contributed by atoms with Crippen molar-refractivity contribution in [2.45, 2.75) is 19.8 Å². The summed E-state index contributed by atoms with van der Waals surface area (Å²) < 4.78 is 21.1. The van der Waals surface area contributed by atoms with Gasteiger partial charge >= 0.3 is 17.9 Å². The number of rotatable bonds is 10. The van der Waals surface area contributed by atoms with Gasteiger partial charge in [-0.25, -0.2) is 19.4 Å². The van der Waals surface area contributed by atoms with Crippen molar-refractivity contribution in [3.05, 3.63) is 117 Å². The number of dihydropyridines is 1. The number of carbonyl (C=O) groups excluding carboxylic acids is 3. The van der Waals surface area contributed by atoms with Gasteiger partial charge in [-0.3, -0.25) is 10.1 Å². The second-order valence-corrected chi connectivity index (χ2v) is 9.01. The molecule has 0 radical (unpaired) electrons. The molecule has 0 amide bonds. The second-order valence-electron chi connectivity index (χ2n) is 9.01. The third-order valence-electron chi connectivity index (χ3n) is 6.32. The first-order chi connectivity index (χ1) is 20.2. The van der Waals surface area contributed by atoms with Crippen molar-refractivity contribution in [3.63, 3.8) is 0 Å². The Morgan fingerprint density at radius 1 is 0.857 bits per heavy atom. The van der Waals surface area contributed by atoms with E-state index in [4.69, 9.17) is 18.9 Å². The molecule has 2 aromatic carbocycles. The van der Waals surface area contributed by atoms with Crippen LogP contribution in [0, 0.1) is 10.1 Å². The van der Waals surface area contributed by atoms with Crippen molar-refractivity contribution < 1.29 is 38.3 Å². The number of esters is 3. The van der Waals surface area contributed by atoms with Crippen LogP contribution in [0.25, 0.3) is 0 Å². The normalized spacial score (nSPS) is 14.5. The average molecular weight is 574 g/mol. The zero-order valence-corrected chi connectivity index (χ0v) is 23.0. The van der Waals surface area contributed by atoms with Crippen LogP contribution in [-0.2, 0) is 23.8 Å². The average Bonchev–Trinajstić information content (AvgIpc) is 2.99. The molecule has 1 aromatic heterocycles. The number of nitro groups is 1. The van der Waals surface area contributed by atoms with Crippen LogP contribution in [0.3, 0.4) is 0 Å². The predicted molar refractivity (Wildman–Crippen MR) is 148 cm³/mol. The number of nitrogens with one attached hydrogen (secondary N) is 1. The minimum atomic E-state index is -1.14. The number of hydrogen-bond acceptors (Lipinski definition) is 11. The van der Waals surface area contributed by atoms with Crippen LogP contribution in [0.5, 0.6) is 11.6 Å². The van der Waals surface area contributed by atoms with E-state index in [1.165, 1.54) is 43.6 Å². The molecule has 0 bridgehead atoms. The summed E-state index contributed by atoms with van der Waals surface area (Å²) in [6, 6.07) is 17.8. The molecule has 216 valence electrons. The van der Waals surface area contributed by atoms with E-state index >= 15 is 0 Å². The molecule has 1 unspecified atom stereocenters. The zero-order chi connectivity index (χ0) is 30.2. The predicted octanol–water partition coefficient (Wildman–Crippen LogP) is 4.59. The molecule has 0 aliphatic carbocycles. The number of nitro benzene ring substituents is 1. The van der Waals surface area contributed by atoms with Crippen LogP contribution >= 0.6 is 0 Å². The smallest absolute Gasteiger partial charge is 0.339 e. The highest BCUT2D eigenvalue weighted by Crippen LogP contribution is 2.42. The molecule has 12 heteroatoms. The van der Waals surface area contributed by atoms with Crippen molar-refractivity contribution in [2.75, 3.05) is 20.3 Å². The Morgan fingerprint density at radius 2 is 1.48 bits per heavy atom. The van der Waals surface area contributed by atoms with Crippen molar-refractivity contribution in [2.24, 2.45) is 0 Å². The lowest BCUT2D eigenvalue weighted by Gasteiger charge is -2.30. The lowest BCUT2D eigenvalue weighted by Crippen LogP contribution is -2.33. The molecule has 0 saturated carbocycles. The highest BCUT2D eigenvalue weighted by molar-refractivity contribution is 6.00. The zero-order valence-electron chi connectivity index (χ0n) is 23.0. The minimum absolute atomic E-state index is 0.0140. The molecular formula is C30H27N3O9. The van der Waals surface area contributed by atoms with Crippen molar-refractivity contribution in [3.8, 4) is 11.6 Å². The maximum Gasteiger partial charge on any atom is 0.339 e. The fraction of sp³-hybridized carbons (Fsp3) is 0.200. The molecule has 2 heterocycles. The van der Waals surface area contributed by atoms with Gasteiger partial charge in [0.1, 0.15) is 19.0 Å². The third kappa shape index (κ3) is 6.61. The Hall–Kier alpha value is -5.52. The summed E-state index contributed by atoms with van der Waals surface area (Å²) in [5.41, 5.74) is 0.739. The van der Waals surface area contributed by atoms with Crippen molar-refractivity contribution in [1.29, 1.82) is 0 Å². The van der Waals surface area contributed by atoms with Gasteiger partial charge in [-0.05, 0) is 32.0 Å². The van der Waals surface area contributed by atoms with E-state index in [1.807, 2.05) is 18.2 Å². The van der Waals surface area contributed by atoms with Gasteiger partial charge in [0.15, 0.2) is 0 Å². The molecule has 0 saturated heterocycles. The van der Waals surface area contributed by atoms with Gasteiger partial charge < -0.3 is 24.3 Å². The van der Waals surface area contributed by atoms with Crippen LogP contribution in [-0.4, -0.2) is 48.1 Å². The molecule has 1 aliphatic heterocycles. The Morgan fingerprint density at radius 3 is 2.10 bits per heavy atom. The van der Waals surface area contributed by atoms with E-state index in [-0.39, 0.29) is 41.2 Å². The van der Waals surface area contributed by atoms with E-state index in [0.717, 1.165) is 0 Å². The lowest BCUT2D eigenvalue weighted by molar-refractivity contribution is -0.385. The minimum Gasteiger partial charge on any atom is -0.466 e. The highest BCUT2D eigenvalue weighted by Gasteiger charge is 2.40. The first-order valence-electron chi connectivity index (χ1n) is 12.7. The number of ether oxygens (including phenoxy) is 4. The fourth-order valence-corrected chi connectivity index (χ4v) is 4.45. The summed E-state index contributed by atoms with van der Waals surface area (Å²) in [5, 5.41) is 14.8. The van der Waals surface area contributed by atoms with Crippen LogP contribution < -0.4 is 10.1 Å². The van der Waals surface area contributed by atoms with Gasteiger partial charge in [0.2, 0.25) is 5.88 Å². The van der Waals surface area contributed by atoms with Crippen LogP contribution in [0.15, 0.2) is 95.5 Å². The van der Waals surface area contributed by atoms with Gasteiger partial charge in [-0.15, -0.1) is 0 Å². The summed E-state index contributed by atoms with van der Waals surface area (Å²) in [6.07, 6.45) is 1.30. The Bertz CT molecular complexity index is 1560. The quantitative estimate of drug-likeness (QED) is 0.119. The molecule has 4 rings (SSSR count). The number of pyridine rings is 1. The third-order valence-corrected chi connectivity index (χ3v) is 6.32. The van der Waals surface area contributed by atoms with Gasteiger partial charge in [0, 0.05) is 35.3 Å². The Balaban J connectivity index is 1.44. The molecule has 1 aliphatic rings. The van der Waals surface area contributed by atoms with Crippen LogP contribution in [0.2, 0.25) is 0 Å². The van der Waals surface area contributed by atoms with E-state index in [1.54, 1.807) is 32.0 Å². The van der Waals surface area contributed by atoms with Crippen molar-refractivity contribution >= 4 is 23.6 Å². The molecule has 0 spiro atoms. The summed E-state index contributed by atoms with van der Waals surface area (Å²) in [6.45, 7) is 2.60. The van der Waals surface area contributed by atoms with Crippen LogP contribution in [0.4, 0.5) is 5.69 Å². The molecule has 0 fully saturated rings. The molecule has 3 aromatic rings. The number of para-hydroxylation sites is 2. The monoisotopic (exact) mass is 573 g/mol. The Labute approximate surface area is 240 Å². The summed E-state index contributed by atoms with van der Waals surface area (Å²) >= 11 is 0. The van der Waals surface area contributed by atoms with Gasteiger partial charge in [-0.1, -0.05) is 36.4 Å². The first kappa shape index (κ1) is 29.5. The maximum absolute atomic E-state index is 13.3. The van der Waals surface area contributed by atoms with Gasteiger partial charge in [0.05, 0.1) is 34.7 Å². The largest absolute Gasteiger partial charge is 0.466 e. The molecule has 12 nitrogen and oxygen atoms in total. The molecule has 1 N–H and O–H groups in total. The molecular weight excluding hydrogens is 546 g/mol. The van der Waals surface area contributed by atoms with Gasteiger partial charge in [0.25, 0.3) is 5.69 Å². The van der Waals surface area contributed by atoms with Crippen LogP contribution in [0.1, 0.15) is 35.7 Å². The maximum atomic E-state index is 13.3. The summed E-state index contributed by atoms with van der Waals surface area (Å²) in [5.74, 6) is -2.56. The molecule has 1 atom stereocenters. The van der Waals surface area contributed by atoms with Crippen molar-refractivity contribution in [1.82, 2.24) is 10.3 Å². The number of hydrogen-bond donors (Lipinski definition) is 1. The van der Waals surface area contributed by atoms with E-state index in [0.29, 0.717) is 23.0 Å².